The van der Waals surface area contributed by atoms with Gasteiger partial charge in [0.05, 0.1) is 11.6 Å². The molecule has 7 N–H and O–H groups in total. The van der Waals surface area contributed by atoms with E-state index >= 15 is 0 Å². The highest BCUT2D eigenvalue weighted by Crippen LogP contribution is 2.57. The number of primary amides is 1. The fourth-order valence-electron chi connectivity index (χ4n) is 5.90. The average Bonchev–Trinajstić information content (AvgIpc) is 2.68. The predicted octanol–water partition coefficient (Wildman–Crippen LogP) is -0.302. The van der Waals surface area contributed by atoms with Crippen LogP contribution in [0.2, 0.25) is 0 Å². The largest absolute Gasteiger partial charge is 0.508 e. The summed E-state index contributed by atoms with van der Waals surface area (Å²) in [5.74, 6) is -8.33. The Morgan fingerprint density at radius 2 is 1.75 bits per heavy atom. The second kappa shape index (κ2) is 6.77. The minimum Gasteiger partial charge on any atom is -0.508 e. The highest BCUT2D eigenvalue weighted by molar-refractivity contribution is 6.24. The standard InChI is InChI=1S/C22H26N2O8/c1-21(31)8-5-4-6-11(25)12(8)16(26)13-9(21)7-10-15(24(2)3)17(27)14(20(23)30)19(29)22(10,32)18(13)28/h4,6,8-10,15,25-26,29,31-32H,5,7H2,1-3H3,(H2,23,30). The maximum atomic E-state index is 13.7. The summed E-state index contributed by atoms with van der Waals surface area (Å²) in [7, 11) is 3.03. The highest BCUT2D eigenvalue weighted by Gasteiger charge is 2.67. The lowest BCUT2D eigenvalue weighted by atomic mass is 9.52. The Kier molecular flexibility index (Phi) is 4.71. The van der Waals surface area contributed by atoms with Crippen molar-refractivity contribution in [1.82, 2.24) is 4.90 Å². The van der Waals surface area contributed by atoms with Gasteiger partial charge in [0.1, 0.15) is 22.9 Å². The average molecular weight is 446 g/mol. The van der Waals surface area contributed by atoms with Crippen LogP contribution in [0.5, 0.6) is 0 Å². The van der Waals surface area contributed by atoms with Crippen molar-refractivity contribution >= 4 is 17.5 Å². The molecule has 1 amide bonds. The number of likely N-dealkylation sites (N-methyl/N-ethyl adjacent to an activating group) is 1. The number of nitrogens with zero attached hydrogens (tertiary/aromatic N) is 1. The van der Waals surface area contributed by atoms with Gasteiger partial charge in [-0.2, -0.15) is 0 Å². The number of nitrogens with two attached hydrogens (primary N) is 1. The summed E-state index contributed by atoms with van der Waals surface area (Å²) >= 11 is 0. The molecule has 4 rings (SSSR count). The number of carbonyl (C=O) groups excluding carboxylic acids is 3. The molecule has 0 bridgehead atoms. The summed E-state index contributed by atoms with van der Waals surface area (Å²) in [5, 5.41) is 55.1. The van der Waals surface area contributed by atoms with E-state index in [-0.39, 0.29) is 29.7 Å². The molecule has 1 saturated carbocycles. The maximum absolute atomic E-state index is 13.7. The van der Waals surface area contributed by atoms with Crippen LogP contribution in [0.1, 0.15) is 19.8 Å². The molecule has 0 radical (unpaired) electrons. The molecule has 4 aliphatic carbocycles. The van der Waals surface area contributed by atoms with Crippen LogP contribution in [0, 0.1) is 17.8 Å². The Labute approximate surface area is 183 Å². The van der Waals surface area contributed by atoms with E-state index < -0.39 is 69.6 Å². The number of ketones is 2. The van der Waals surface area contributed by atoms with Gasteiger partial charge >= 0.3 is 0 Å². The van der Waals surface area contributed by atoms with Crippen LogP contribution < -0.4 is 5.73 Å². The maximum Gasteiger partial charge on any atom is 0.255 e. The van der Waals surface area contributed by atoms with Crippen molar-refractivity contribution in [2.45, 2.75) is 37.0 Å². The number of hydrogen-bond acceptors (Lipinski definition) is 9. The monoisotopic (exact) mass is 446 g/mol. The first kappa shape index (κ1) is 22.3. The molecule has 0 spiro atoms. The number of rotatable bonds is 2. The SMILES string of the molecule is CN(C)C1C(=O)C(C(N)=O)=C(O)C2(O)C(=O)C3=C(O)C4=C(O)C=CCC4C(C)(O)C3CC12. The summed E-state index contributed by atoms with van der Waals surface area (Å²) in [6.45, 7) is 1.47. The van der Waals surface area contributed by atoms with Gasteiger partial charge in [-0.1, -0.05) is 6.08 Å². The lowest BCUT2D eigenvalue weighted by Crippen LogP contribution is -2.68. The van der Waals surface area contributed by atoms with E-state index in [1.165, 1.54) is 32.0 Å². The number of aliphatic hydroxyl groups excluding tert-OH is 3. The van der Waals surface area contributed by atoms with Gasteiger partial charge in [-0.15, -0.1) is 0 Å². The number of allylic oxidation sites excluding steroid dienone is 3. The number of aliphatic hydroxyl groups is 5. The Hall–Kier alpha value is -2.95. The van der Waals surface area contributed by atoms with Crippen molar-refractivity contribution in [2.24, 2.45) is 23.5 Å². The molecular weight excluding hydrogens is 420 g/mol. The quantitative estimate of drug-likeness (QED) is 0.310. The fraction of sp³-hybridized carbons (Fsp3) is 0.500. The fourth-order valence-corrected chi connectivity index (χ4v) is 5.90. The Balaban J connectivity index is 2.02. The van der Waals surface area contributed by atoms with Crippen LogP contribution in [-0.4, -0.2) is 79.2 Å². The van der Waals surface area contributed by atoms with Gasteiger partial charge in [0.15, 0.2) is 11.4 Å². The van der Waals surface area contributed by atoms with Crippen LogP contribution in [0.3, 0.4) is 0 Å². The zero-order chi connectivity index (χ0) is 23.9. The number of amides is 1. The van der Waals surface area contributed by atoms with Gasteiger partial charge in [0, 0.05) is 28.9 Å². The van der Waals surface area contributed by atoms with E-state index in [0.29, 0.717) is 0 Å². The second-order valence-corrected chi connectivity index (χ2v) is 9.33. The van der Waals surface area contributed by atoms with Crippen LogP contribution >= 0.6 is 0 Å². The summed E-state index contributed by atoms with van der Waals surface area (Å²) in [4.78, 5) is 40.0. The third kappa shape index (κ3) is 2.54. The van der Waals surface area contributed by atoms with Crippen LogP contribution in [0.4, 0.5) is 0 Å². The molecule has 172 valence electrons. The van der Waals surface area contributed by atoms with Gasteiger partial charge < -0.3 is 31.3 Å². The molecule has 0 aliphatic heterocycles. The third-order valence-electron chi connectivity index (χ3n) is 7.46. The molecule has 6 unspecified atom stereocenters. The van der Waals surface area contributed by atoms with Crippen molar-refractivity contribution in [3.05, 3.63) is 46.1 Å². The number of carbonyl (C=O) groups is 3. The molecule has 0 aromatic rings. The summed E-state index contributed by atoms with van der Waals surface area (Å²) in [6.07, 6.45) is 3.11. The first-order chi connectivity index (χ1) is 14.8. The molecule has 0 saturated heterocycles. The summed E-state index contributed by atoms with van der Waals surface area (Å²) < 4.78 is 0. The van der Waals surface area contributed by atoms with Gasteiger partial charge in [-0.05, 0) is 39.9 Å². The van der Waals surface area contributed by atoms with E-state index in [1.807, 2.05) is 0 Å². The van der Waals surface area contributed by atoms with E-state index in [4.69, 9.17) is 5.73 Å². The molecule has 10 nitrogen and oxygen atoms in total. The van der Waals surface area contributed by atoms with Crippen LogP contribution in [0.15, 0.2) is 46.1 Å². The van der Waals surface area contributed by atoms with Crippen molar-refractivity contribution in [3.8, 4) is 0 Å². The summed E-state index contributed by atoms with van der Waals surface area (Å²) in [5.41, 5.74) is -0.361. The molecule has 4 aliphatic rings. The van der Waals surface area contributed by atoms with E-state index in [0.717, 1.165) is 0 Å². The van der Waals surface area contributed by atoms with Crippen molar-refractivity contribution in [3.63, 3.8) is 0 Å². The number of hydrogen-bond donors (Lipinski definition) is 6. The number of fused-ring (bicyclic) bond motifs is 3. The van der Waals surface area contributed by atoms with Crippen molar-refractivity contribution in [1.29, 1.82) is 0 Å². The third-order valence-corrected chi connectivity index (χ3v) is 7.46. The van der Waals surface area contributed by atoms with Crippen LogP contribution in [-0.2, 0) is 14.4 Å². The Morgan fingerprint density at radius 3 is 2.31 bits per heavy atom. The second-order valence-electron chi connectivity index (χ2n) is 9.33. The van der Waals surface area contributed by atoms with Gasteiger partial charge in [0.2, 0.25) is 5.78 Å². The van der Waals surface area contributed by atoms with Gasteiger partial charge in [-0.25, -0.2) is 0 Å². The zero-order valence-electron chi connectivity index (χ0n) is 17.9. The van der Waals surface area contributed by atoms with Gasteiger partial charge in [0.25, 0.3) is 5.91 Å². The minimum atomic E-state index is -2.73. The molecule has 6 atom stereocenters. The Bertz CT molecular complexity index is 1080. The normalized spacial score (nSPS) is 39.3. The topological polar surface area (TPSA) is 182 Å². The Morgan fingerprint density at radius 1 is 1.12 bits per heavy atom. The molecule has 0 aromatic heterocycles. The minimum absolute atomic E-state index is 0.0335. The van der Waals surface area contributed by atoms with Gasteiger partial charge in [-0.3, -0.25) is 19.3 Å². The summed E-state index contributed by atoms with van der Waals surface area (Å²) in [6, 6.07) is -1.20. The molecule has 1 fully saturated rings. The predicted molar refractivity (Wildman–Crippen MR) is 110 cm³/mol. The first-order valence-electron chi connectivity index (χ1n) is 10.2. The van der Waals surface area contributed by atoms with E-state index in [2.05, 4.69) is 0 Å². The molecule has 0 heterocycles. The lowest BCUT2D eigenvalue weighted by molar-refractivity contribution is -0.161. The molecule has 0 aromatic carbocycles. The zero-order valence-corrected chi connectivity index (χ0v) is 17.9. The number of Topliss-reactive ketones (excluding diaryl/α,β-unsaturated/α-hetero) is 2. The van der Waals surface area contributed by atoms with E-state index in [9.17, 15) is 39.9 Å². The van der Waals surface area contributed by atoms with E-state index in [1.54, 1.807) is 6.08 Å². The molecule has 10 heteroatoms. The molecular formula is C22H26N2O8. The lowest BCUT2D eigenvalue weighted by Gasteiger charge is -2.55. The first-order valence-corrected chi connectivity index (χ1v) is 10.2. The van der Waals surface area contributed by atoms with Crippen molar-refractivity contribution < 1.29 is 39.9 Å². The highest BCUT2D eigenvalue weighted by atomic mass is 16.3. The van der Waals surface area contributed by atoms with Crippen molar-refractivity contribution in [2.75, 3.05) is 14.1 Å². The molecule has 32 heavy (non-hydrogen) atoms. The smallest absolute Gasteiger partial charge is 0.255 e. The van der Waals surface area contributed by atoms with Crippen LogP contribution in [0.25, 0.3) is 0 Å².